The van der Waals surface area contributed by atoms with E-state index in [1.54, 1.807) is 19.2 Å². The van der Waals surface area contributed by atoms with Gasteiger partial charge in [0.05, 0.1) is 23.5 Å². The third kappa shape index (κ3) is 8.71. The van der Waals surface area contributed by atoms with Gasteiger partial charge >= 0.3 is 0 Å². The summed E-state index contributed by atoms with van der Waals surface area (Å²) in [6.07, 6.45) is 10.5. The number of nitrogens with zero attached hydrogens (tertiary/aromatic N) is 2. The zero-order chi connectivity index (χ0) is 22.5. The topological polar surface area (TPSA) is 99.6 Å². The summed E-state index contributed by atoms with van der Waals surface area (Å²) < 4.78 is 5.79. The van der Waals surface area contributed by atoms with Crippen LogP contribution in [-0.4, -0.2) is 34.5 Å². The van der Waals surface area contributed by atoms with Crippen molar-refractivity contribution in [3.05, 3.63) is 50.4 Å². The van der Waals surface area contributed by atoms with Crippen molar-refractivity contribution >= 4 is 23.8 Å². The summed E-state index contributed by atoms with van der Waals surface area (Å²) in [6, 6.07) is 5.47. The highest BCUT2D eigenvalue weighted by Crippen LogP contribution is 2.25. The number of aliphatic hydroxyl groups is 1. The molecule has 8 heteroatoms. The van der Waals surface area contributed by atoms with Crippen molar-refractivity contribution in [1.82, 2.24) is 9.97 Å². The summed E-state index contributed by atoms with van der Waals surface area (Å²) >= 11 is 6.32. The number of aromatic amines is 1. The van der Waals surface area contributed by atoms with E-state index in [0.717, 1.165) is 12.0 Å². The molecule has 3 N–H and O–H groups in total. The molecule has 0 amide bonds. The number of anilines is 1. The van der Waals surface area contributed by atoms with Crippen LogP contribution in [0.15, 0.2) is 28.1 Å². The average molecular weight is 449 g/mol. The lowest BCUT2D eigenvalue weighted by molar-refractivity contribution is 0.298. The van der Waals surface area contributed by atoms with Gasteiger partial charge in [-0.1, -0.05) is 57.0 Å². The Balaban J connectivity index is 1.81. The highest BCUT2D eigenvalue weighted by atomic mass is 35.5. The van der Waals surface area contributed by atoms with Crippen LogP contribution in [0.4, 0.5) is 5.95 Å². The first-order valence-corrected chi connectivity index (χ1v) is 11.3. The van der Waals surface area contributed by atoms with Crippen LogP contribution >= 0.6 is 11.6 Å². The second-order valence-corrected chi connectivity index (χ2v) is 7.89. The summed E-state index contributed by atoms with van der Waals surface area (Å²) in [7, 11) is 0. The molecule has 0 bridgehead atoms. The molecule has 0 unspecified atom stereocenters. The molecular formula is C23H33ClN4O3. The number of aliphatic hydroxyl groups excluding tert-OH is 1. The molecule has 1 heterocycles. The summed E-state index contributed by atoms with van der Waals surface area (Å²) in [5, 5.41) is 13.6. The molecule has 1 aromatic carbocycles. The van der Waals surface area contributed by atoms with Gasteiger partial charge in [0.15, 0.2) is 0 Å². The van der Waals surface area contributed by atoms with Crippen molar-refractivity contribution < 1.29 is 9.84 Å². The van der Waals surface area contributed by atoms with Gasteiger partial charge in [0.25, 0.3) is 5.56 Å². The van der Waals surface area contributed by atoms with Crippen LogP contribution in [0.2, 0.25) is 5.02 Å². The fourth-order valence-corrected chi connectivity index (χ4v) is 3.44. The molecule has 7 nitrogen and oxygen atoms in total. The average Bonchev–Trinajstić information content (AvgIpc) is 2.74. The van der Waals surface area contributed by atoms with Gasteiger partial charge in [-0.15, -0.1) is 0 Å². The number of aryl methyl sites for hydroxylation is 1. The summed E-state index contributed by atoms with van der Waals surface area (Å²) in [6.45, 7) is 4.51. The molecule has 0 saturated carbocycles. The lowest BCUT2D eigenvalue weighted by Crippen LogP contribution is -2.19. The van der Waals surface area contributed by atoms with E-state index in [1.807, 2.05) is 12.1 Å². The maximum absolute atomic E-state index is 12.0. The third-order valence-corrected chi connectivity index (χ3v) is 5.22. The number of halogens is 1. The number of unbranched alkanes of at least 4 members (excludes halogenated alkanes) is 6. The number of nitrogens with one attached hydrogen (secondary N) is 2. The number of hydrazone groups is 1. The van der Waals surface area contributed by atoms with Crippen molar-refractivity contribution in [3.63, 3.8) is 0 Å². The molecule has 0 radical (unpaired) electrons. The smallest absolute Gasteiger partial charge is 0.255 e. The SMILES string of the molecule is CCCCCCCCCOc1ccc(/C=N\Nc2nc(C)c(CCO)c(=O)[nH]2)cc1Cl. The van der Waals surface area contributed by atoms with Crippen molar-refractivity contribution in [1.29, 1.82) is 0 Å². The van der Waals surface area contributed by atoms with Gasteiger partial charge in [-0.25, -0.2) is 10.4 Å². The lowest BCUT2D eigenvalue weighted by Gasteiger charge is -2.08. The van der Waals surface area contributed by atoms with Crippen LogP contribution in [0.5, 0.6) is 5.75 Å². The van der Waals surface area contributed by atoms with E-state index in [0.29, 0.717) is 28.6 Å². The Bertz CT molecular complexity index is 899. The second-order valence-electron chi connectivity index (χ2n) is 7.48. The second kappa shape index (κ2) is 13.8. The molecule has 0 aliphatic carbocycles. The number of rotatable bonds is 14. The molecule has 2 aromatic rings. The molecule has 170 valence electrons. The summed E-state index contributed by atoms with van der Waals surface area (Å²) in [4.78, 5) is 18.9. The quantitative estimate of drug-likeness (QED) is 0.218. The Labute approximate surface area is 188 Å². The number of benzene rings is 1. The maximum Gasteiger partial charge on any atom is 0.255 e. The van der Waals surface area contributed by atoms with E-state index in [-0.39, 0.29) is 24.5 Å². The van der Waals surface area contributed by atoms with Gasteiger partial charge in [0, 0.05) is 18.6 Å². The molecule has 0 saturated heterocycles. The van der Waals surface area contributed by atoms with Crippen molar-refractivity contribution in [2.45, 2.75) is 65.2 Å². The summed E-state index contributed by atoms with van der Waals surface area (Å²) in [5.41, 5.74) is 4.24. The molecule has 1 aromatic heterocycles. The first-order chi connectivity index (χ1) is 15.0. The first-order valence-electron chi connectivity index (χ1n) is 11.0. The largest absolute Gasteiger partial charge is 0.492 e. The van der Waals surface area contributed by atoms with Gasteiger partial charge in [0.1, 0.15) is 5.75 Å². The molecule has 0 fully saturated rings. The highest BCUT2D eigenvalue weighted by Gasteiger charge is 2.07. The number of ether oxygens (including phenoxy) is 1. The number of hydrogen-bond donors (Lipinski definition) is 3. The minimum absolute atomic E-state index is 0.101. The van der Waals surface area contributed by atoms with Crippen LogP contribution in [0.25, 0.3) is 0 Å². The Hall–Kier alpha value is -2.38. The lowest BCUT2D eigenvalue weighted by atomic mass is 10.1. The van der Waals surface area contributed by atoms with Gasteiger partial charge in [-0.3, -0.25) is 9.78 Å². The minimum Gasteiger partial charge on any atom is -0.492 e. The zero-order valence-electron chi connectivity index (χ0n) is 18.4. The normalized spacial score (nSPS) is 11.2. The Kier molecular flexibility index (Phi) is 11.1. The Morgan fingerprint density at radius 1 is 1.23 bits per heavy atom. The van der Waals surface area contributed by atoms with Crippen LogP contribution < -0.4 is 15.7 Å². The van der Waals surface area contributed by atoms with Crippen molar-refractivity contribution in [2.24, 2.45) is 5.10 Å². The van der Waals surface area contributed by atoms with Gasteiger partial charge in [-0.05, 0) is 37.1 Å². The Morgan fingerprint density at radius 2 is 1.97 bits per heavy atom. The minimum atomic E-state index is -0.287. The predicted molar refractivity (Wildman–Crippen MR) is 127 cm³/mol. The number of aromatic nitrogens is 2. The van der Waals surface area contributed by atoms with E-state index < -0.39 is 0 Å². The van der Waals surface area contributed by atoms with Crippen LogP contribution in [0, 0.1) is 6.92 Å². The predicted octanol–water partition coefficient (Wildman–Crippen LogP) is 4.84. The van der Waals surface area contributed by atoms with Crippen molar-refractivity contribution in [2.75, 3.05) is 18.6 Å². The first kappa shape index (κ1) is 24.9. The van der Waals surface area contributed by atoms with E-state index in [2.05, 4.69) is 27.4 Å². The van der Waals surface area contributed by atoms with Crippen LogP contribution in [-0.2, 0) is 6.42 Å². The molecule has 0 aliphatic heterocycles. The van der Waals surface area contributed by atoms with Crippen LogP contribution in [0.3, 0.4) is 0 Å². The zero-order valence-corrected chi connectivity index (χ0v) is 19.2. The molecule has 0 aliphatic rings. The van der Waals surface area contributed by atoms with Gasteiger partial charge < -0.3 is 9.84 Å². The molecule has 0 atom stereocenters. The maximum atomic E-state index is 12.0. The standard InChI is InChI=1S/C23H33ClN4O3/c1-3-4-5-6-7-8-9-14-31-21-11-10-18(15-20(21)24)16-25-28-23-26-17(2)19(12-13-29)22(30)27-23/h10-11,15-16,29H,3-9,12-14H2,1-2H3,(H2,26,27,28,30)/b25-16-. The molecule has 31 heavy (non-hydrogen) atoms. The fraction of sp³-hybridized carbons (Fsp3) is 0.522. The fourth-order valence-electron chi connectivity index (χ4n) is 3.19. The monoisotopic (exact) mass is 448 g/mol. The van der Waals surface area contributed by atoms with E-state index >= 15 is 0 Å². The number of H-pyrrole nitrogens is 1. The number of hydrogen-bond acceptors (Lipinski definition) is 6. The highest BCUT2D eigenvalue weighted by molar-refractivity contribution is 6.32. The van der Waals surface area contributed by atoms with E-state index in [4.69, 9.17) is 21.4 Å². The van der Waals surface area contributed by atoms with Gasteiger partial charge in [0.2, 0.25) is 5.95 Å². The third-order valence-electron chi connectivity index (χ3n) is 4.93. The molecule has 0 spiro atoms. The van der Waals surface area contributed by atoms with Crippen molar-refractivity contribution in [3.8, 4) is 5.75 Å². The van der Waals surface area contributed by atoms with E-state index in [1.165, 1.54) is 38.5 Å². The summed E-state index contributed by atoms with van der Waals surface area (Å²) in [5.74, 6) is 0.903. The van der Waals surface area contributed by atoms with Crippen LogP contribution in [0.1, 0.15) is 68.7 Å². The Morgan fingerprint density at radius 3 is 2.65 bits per heavy atom. The molecular weight excluding hydrogens is 416 g/mol. The van der Waals surface area contributed by atoms with E-state index in [9.17, 15) is 4.79 Å². The molecule has 2 rings (SSSR count). The van der Waals surface area contributed by atoms with Gasteiger partial charge in [-0.2, -0.15) is 5.10 Å².